The monoisotopic (exact) mass is 300 g/mol. The van der Waals surface area contributed by atoms with Crippen molar-refractivity contribution in [3.63, 3.8) is 0 Å². The average Bonchev–Trinajstić information content (AvgIpc) is 2.43. The molecule has 5 heteroatoms. The molecule has 1 fully saturated rings. The van der Waals surface area contributed by atoms with E-state index in [0.29, 0.717) is 0 Å². The fourth-order valence-corrected chi connectivity index (χ4v) is 2.96. The molecule has 0 saturated carbocycles. The number of halogens is 3. The number of nitrogens with one attached hydrogen (secondary N) is 1. The summed E-state index contributed by atoms with van der Waals surface area (Å²) >= 11 is 0. The average molecular weight is 300 g/mol. The van der Waals surface area contributed by atoms with Crippen molar-refractivity contribution in [1.82, 2.24) is 10.2 Å². The van der Waals surface area contributed by atoms with Gasteiger partial charge in [0.2, 0.25) is 0 Å². The van der Waals surface area contributed by atoms with Crippen LogP contribution in [0.3, 0.4) is 0 Å². The first-order chi connectivity index (χ1) is 9.88. The van der Waals surface area contributed by atoms with Gasteiger partial charge in [-0.3, -0.25) is 4.90 Å². The van der Waals surface area contributed by atoms with Crippen molar-refractivity contribution in [1.29, 1.82) is 0 Å². The molecular weight excluding hydrogens is 277 g/mol. The second kappa shape index (κ2) is 6.79. The van der Waals surface area contributed by atoms with Gasteiger partial charge in [-0.15, -0.1) is 0 Å². The van der Waals surface area contributed by atoms with E-state index in [9.17, 15) is 13.2 Å². The third-order valence-corrected chi connectivity index (χ3v) is 4.30. The number of benzene rings is 1. The van der Waals surface area contributed by atoms with Crippen LogP contribution in [0, 0.1) is 13.8 Å². The number of nitrogens with zero attached hydrogens (tertiary/aromatic N) is 1. The lowest BCUT2D eigenvalue weighted by Gasteiger charge is -2.36. The molecule has 0 spiro atoms. The highest BCUT2D eigenvalue weighted by molar-refractivity contribution is 5.35. The van der Waals surface area contributed by atoms with Crippen LogP contribution < -0.4 is 5.32 Å². The third-order valence-electron chi connectivity index (χ3n) is 4.30. The van der Waals surface area contributed by atoms with Crippen LogP contribution in [-0.4, -0.2) is 37.3 Å². The van der Waals surface area contributed by atoms with E-state index in [1.165, 1.54) is 0 Å². The van der Waals surface area contributed by atoms with E-state index in [2.05, 4.69) is 10.2 Å². The molecule has 0 amide bonds. The highest BCUT2D eigenvalue weighted by atomic mass is 19.4. The van der Waals surface area contributed by atoms with E-state index in [-0.39, 0.29) is 12.5 Å². The number of rotatable bonds is 4. The maximum atomic E-state index is 12.6. The van der Waals surface area contributed by atoms with Crippen LogP contribution in [0.2, 0.25) is 0 Å². The molecule has 1 saturated heterocycles. The molecule has 0 bridgehead atoms. The zero-order valence-corrected chi connectivity index (χ0v) is 12.6. The van der Waals surface area contributed by atoms with Crippen LogP contribution in [0.4, 0.5) is 13.2 Å². The summed E-state index contributed by atoms with van der Waals surface area (Å²) < 4.78 is 37.9. The summed E-state index contributed by atoms with van der Waals surface area (Å²) in [6.07, 6.45) is -4.69. The predicted octanol–water partition coefficient (Wildman–Crippen LogP) is 3.59. The van der Waals surface area contributed by atoms with Gasteiger partial charge in [-0.05, 0) is 37.0 Å². The smallest absolute Gasteiger partial charge is 0.314 e. The molecule has 21 heavy (non-hydrogen) atoms. The van der Waals surface area contributed by atoms with Gasteiger partial charge in [-0.2, -0.15) is 13.2 Å². The Morgan fingerprint density at radius 2 is 1.86 bits per heavy atom. The van der Waals surface area contributed by atoms with Gasteiger partial charge in [0.05, 0.1) is 0 Å². The summed E-state index contributed by atoms with van der Waals surface area (Å²) in [5.41, 5.74) is 3.30. The first-order valence-electron chi connectivity index (χ1n) is 7.46. The van der Waals surface area contributed by atoms with Crippen LogP contribution in [0.15, 0.2) is 18.2 Å². The fourth-order valence-electron chi connectivity index (χ4n) is 2.96. The van der Waals surface area contributed by atoms with Gasteiger partial charge in [-0.1, -0.05) is 18.2 Å². The van der Waals surface area contributed by atoms with E-state index in [4.69, 9.17) is 0 Å². The van der Waals surface area contributed by atoms with Gasteiger partial charge in [0.1, 0.15) is 0 Å². The number of aryl methyl sites for hydroxylation is 1. The van der Waals surface area contributed by atoms with Crippen molar-refractivity contribution in [3.05, 3.63) is 34.9 Å². The normalized spacial score (nSPS) is 18.7. The summed E-state index contributed by atoms with van der Waals surface area (Å²) in [5.74, 6) is 0. The van der Waals surface area contributed by atoms with Gasteiger partial charge in [-0.25, -0.2) is 0 Å². The standard InChI is InChI=1S/C16H23F3N2/c1-12-4-3-5-14(13(12)2)15(6-7-16(17,18)19)21-10-8-20-9-11-21/h3-5,15,20H,6-11H2,1-2H3/t15-/m1/s1. The second-order valence-electron chi connectivity index (χ2n) is 5.74. The van der Waals surface area contributed by atoms with E-state index in [1.54, 1.807) is 0 Å². The molecule has 118 valence electrons. The van der Waals surface area contributed by atoms with Gasteiger partial charge in [0.25, 0.3) is 0 Å². The number of piperazine rings is 1. The molecule has 2 nitrogen and oxygen atoms in total. The number of alkyl halides is 3. The Hall–Kier alpha value is -1.07. The summed E-state index contributed by atoms with van der Waals surface area (Å²) in [6, 6.07) is 5.79. The molecule has 1 aliphatic heterocycles. The van der Waals surface area contributed by atoms with Crippen LogP contribution in [0.25, 0.3) is 0 Å². The highest BCUT2D eigenvalue weighted by Gasteiger charge is 2.31. The first kappa shape index (κ1) is 16.3. The summed E-state index contributed by atoms with van der Waals surface area (Å²) in [7, 11) is 0. The van der Waals surface area contributed by atoms with Crippen molar-refractivity contribution in [2.24, 2.45) is 0 Å². The molecule has 1 aliphatic rings. The van der Waals surface area contributed by atoms with Crippen molar-refractivity contribution in [2.75, 3.05) is 26.2 Å². The quantitative estimate of drug-likeness (QED) is 0.914. The lowest BCUT2D eigenvalue weighted by molar-refractivity contribution is -0.138. The Bertz CT molecular complexity index is 465. The molecule has 1 aromatic carbocycles. The minimum atomic E-state index is -4.09. The maximum Gasteiger partial charge on any atom is 0.389 e. The Balaban J connectivity index is 2.23. The van der Waals surface area contributed by atoms with Crippen LogP contribution >= 0.6 is 0 Å². The van der Waals surface area contributed by atoms with Crippen LogP contribution in [0.5, 0.6) is 0 Å². The molecule has 0 aromatic heterocycles. The van der Waals surface area contributed by atoms with E-state index < -0.39 is 12.6 Å². The molecule has 0 unspecified atom stereocenters. The zero-order valence-electron chi connectivity index (χ0n) is 12.6. The lowest BCUT2D eigenvalue weighted by atomic mass is 9.93. The molecule has 2 rings (SSSR count). The van der Waals surface area contributed by atoms with E-state index in [1.807, 2.05) is 32.0 Å². The summed E-state index contributed by atoms with van der Waals surface area (Å²) in [4.78, 5) is 2.18. The molecule has 1 heterocycles. The van der Waals surface area contributed by atoms with Crippen LogP contribution in [-0.2, 0) is 0 Å². The molecule has 0 aliphatic carbocycles. The largest absolute Gasteiger partial charge is 0.389 e. The van der Waals surface area contributed by atoms with Crippen molar-refractivity contribution < 1.29 is 13.2 Å². The van der Waals surface area contributed by atoms with Crippen molar-refractivity contribution in [3.8, 4) is 0 Å². The first-order valence-corrected chi connectivity index (χ1v) is 7.46. The van der Waals surface area contributed by atoms with Gasteiger partial charge in [0.15, 0.2) is 0 Å². The Morgan fingerprint density at radius 1 is 1.19 bits per heavy atom. The minimum Gasteiger partial charge on any atom is -0.314 e. The maximum absolute atomic E-state index is 12.6. The Morgan fingerprint density at radius 3 is 2.48 bits per heavy atom. The van der Waals surface area contributed by atoms with Crippen LogP contribution in [0.1, 0.15) is 35.6 Å². The molecule has 0 radical (unpaired) electrons. The summed E-state index contributed by atoms with van der Waals surface area (Å²) in [6.45, 7) is 7.30. The van der Waals surface area contributed by atoms with Crippen molar-refractivity contribution >= 4 is 0 Å². The summed E-state index contributed by atoms with van der Waals surface area (Å²) in [5, 5.41) is 3.26. The lowest BCUT2D eigenvalue weighted by Crippen LogP contribution is -2.45. The molecule has 1 atom stereocenters. The van der Waals surface area contributed by atoms with Gasteiger partial charge < -0.3 is 5.32 Å². The predicted molar refractivity (Wildman–Crippen MR) is 78.4 cm³/mol. The number of hydrogen-bond donors (Lipinski definition) is 1. The Labute approximate surface area is 124 Å². The van der Waals surface area contributed by atoms with E-state index in [0.717, 1.165) is 42.9 Å². The number of hydrogen-bond acceptors (Lipinski definition) is 2. The fraction of sp³-hybridized carbons (Fsp3) is 0.625. The topological polar surface area (TPSA) is 15.3 Å². The Kier molecular flexibility index (Phi) is 5.27. The van der Waals surface area contributed by atoms with E-state index >= 15 is 0 Å². The molecule has 1 aromatic rings. The third kappa shape index (κ3) is 4.45. The highest BCUT2D eigenvalue weighted by Crippen LogP contribution is 2.33. The van der Waals surface area contributed by atoms with Crippen molar-refractivity contribution in [2.45, 2.75) is 38.9 Å². The zero-order chi connectivity index (χ0) is 15.5. The van der Waals surface area contributed by atoms with Gasteiger partial charge >= 0.3 is 6.18 Å². The second-order valence-corrected chi connectivity index (χ2v) is 5.74. The molecular formula is C16H23F3N2. The minimum absolute atomic E-state index is 0.133. The molecule has 1 N–H and O–H groups in total. The SMILES string of the molecule is Cc1cccc([C@@H](CCC(F)(F)F)N2CCNCC2)c1C. The van der Waals surface area contributed by atoms with Gasteiger partial charge in [0, 0.05) is 38.6 Å².